The Balaban J connectivity index is 1.16. The number of halogens is 2. The van der Waals surface area contributed by atoms with E-state index in [4.69, 9.17) is 23.2 Å². The second-order valence-electron chi connectivity index (χ2n) is 8.30. The van der Waals surface area contributed by atoms with Crippen molar-refractivity contribution >= 4 is 40.8 Å². The van der Waals surface area contributed by atoms with Gasteiger partial charge in [0.15, 0.2) is 5.82 Å². The number of aryl methyl sites for hydroxylation is 2. The highest BCUT2D eigenvalue weighted by Crippen LogP contribution is 2.36. The van der Waals surface area contributed by atoms with Crippen LogP contribution in [0.3, 0.4) is 0 Å². The Hall–Kier alpha value is -2.90. The highest BCUT2D eigenvalue weighted by atomic mass is 35.5. The van der Waals surface area contributed by atoms with E-state index in [1.54, 1.807) is 24.5 Å². The molecule has 0 atom stereocenters. The number of nitrogens with one attached hydrogen (secondary N) is 3. The number of amides is 2. The second kappa shape index (κ2) is 10.8. The van der Waals surface area contributed by atoms with Gasteiger partial charge in [0.2, 0.25) is 11.8 Å². The van der Waals surface area contributed by atoms with Gasteiger partial charge < -0.3 is 10.6 Å². The van der Waals surface area contributed by atoms with Gasteiger partial charge in [-0.25, -0.2) is 0 Å². The van der Waals surface area contributed by atoms with Crippen LogP contribution in [0.5, 0.6) is 0 Å². The first-order valence-corrected chi connectivity index (χ1v) is 11.7. The van der Waals surface area contributed by atoms with Crippen LogP contribution in [0.1, 0.15) is 48.4 Å². The summed E-state index contributed by atoms with van der Waals surface area (Å²) < 4.78 is 0. The number of aromatic nitrogens is 3. The van der Waals surface area contributed by atoms with Crippen molar-refractivity contribution in [3.8, 4) is 0 Å². The zero-order chi connectivity index (χ0) is 23.2. The van der Waals surface area contributed by atoms with Crippen LogP contribution < -0.4 is 10.6 Å². The molecule has 2 aromatic heterocycles. The fraction of sp³-hybridized carbons (Fsp3) is 0.333. The minimum absolute atomic E-state index is 0.0238. The minimum atomic E-state index is -0.0855. The van der Waals surface area contributed by atoms with Crippen molar-refractivity contribution in [1.29, 1.82) is 0 Å². The van der Waals surface area contributed by atoms with Gasteiger partial charge in [-0.3, -0.25) is 19.7 Å². The molecule has 1 fully saturated rings. The highest BCUT2D eigenvalue weighted by Gasteiger charge is 2.32. The maximum Gasteiger partial charge on any atom is 0.225 e. The van der Waals surface area contributed by atoms with Crippen molar-refractivity contribution in [2.45, 2.75) is 50.5 Å². The fourth-order valence-electron chi connectivity index (χ4n) is 3.86. The molecule has 172 valence electrons. The monoisotopic (exact) mass is 485 g/mol. The molecule has 3 aromatic rings. The Morgan fingerprint density at radius 1 is 1.00 bits per heavy atom. The predicted molar refractivity (Wildman–Crippen MR) is 128 cm³/mol. The summed E-state index contributed by atoms with van der Waals surface area (Å²) in [6.45, 7) is 0. The van der Waals surface area contributed by atoms with E-state index in [1.165, 1.54) is 0 Å². The zero-order valence-corrected chi connectivity index (χ0v) is 19.5. The number of hydrogen-bond acceptors (Lipinski definition) is 4. The van der Waals surface area contributed by atoms with E-state index in [0.29, 0.717) is 47.5 Å². The first-order valence-electron chi connectivity index (χ1n) is 10.9. The Morgan fingerprint density at radius 2 is 1.79 bits per heavy atom. The van der Waals surface area contributed by atoms with Crippen molar-refractivity contribution in [2.75, 3.05) is 5.32 Å². The number of carbonyl (C=O) groups is 2. The molecule has 4 rings (SSSR count). The molecule has 1 aliphatic rings. The molecule has 1 aliphatic carbocycles. The fourth-order valence-corrected chi connectivity index (χ4v) is 4.18. The number of carbonyl (C=O) groups excluding carboxylic acids is 2. The van der Waals surface area contributed by atoms with Gasteiger partial charge in [-0.2, -0.15) is 5.10 Å². The largest absolute Gasteiger partial charge is 0.353 e. The van der Waals surface area contributed by atoms with Gasteiger partial charge in [-0.15, -0.1) is 0 Å². The van der Waals surface area contributed by atoms with Gasteiger partial charge in [0, 0.05) is 49.0 Å². The van der Waals surface area contributed by atoms with Crippen LogP contribution in [0.15, 0.2) is 48.8 Å². The van der Waals surface area contributed by atoms with Crippen LogP contribution in [-0.4, -0.2) is 33.0 Å². The molecule has 0 bridgehead atoms. The molecule has 0 radical (unpaired) electrons. The summed E-state index contributed by atoms with van der Waals surface area (Å²) in [5.41, 5.74) is 2.98. The molecule has 0 unspecified atom stereocenters. The normalized spacial score (nSPS) is 17.3. The summed E-state index contributed by atoms with van der Waals surface area (Å²) >= 11 is 11.9. The van der Waals surface area contributed by atoms with Gasteiger partial charge in [0.25, 0.3) is 0 Å². The third kappa shape index (κ3) is 6.55. The average Bonchev–Trinajstić information content (AvgIpc) is 3.23. The van der Waals surface area contributed by atoms with E-state index < -0.39 is 0 Å². The number of pyridine rings is 1. The van der Waals surface area contributed by atoms with Crippen LogP contribution in [0.2, 0.25) is 10.0 Å². The lowest BCUT2D eigenvalue weighted by molar-refractivity contribution is -0.122. The number of aromatic amines is 1. The quantitative estimate of drug-likeness (QED) is 0.409. The third-order valence-electron chi connectivity index (χ3n) is 5.80. The van der Waals surface area contributed by atoms with Gasteiger partial charge >= 0.3 is 0 Å². The summed E-state index contributed by atoms with van der Waals surface area (Å²) in [5, 5.41) is 14.1. The zero-order valence-electron chi connectivity index (χ0n) is 18.0. The molecular formula is C24H25Cl2N5O2. The Labute approximate surface area is 202 Å². The average molecular weight is 486 g/mol. The van der Waals surface area contributed by atoms with Crippen LogP contribution in [0.25, 0.3) is 0 Å². The molecule has 7 nitrogen and oxygen atoms in total. The van der Waals surface area contributed by atoms with E-state index in [-0.39, 0.29) is 17.9 Å². The van der Waals surface area contributed by atoms with Crippen LogP contribution in [0.4, 0.5) is 5.82 Å². The summed E-state index contributed by atoms with van der Waals surface area (Å²) in [5.74, 6) is 0.752. The first kappa shape index (κ1) is 23.3. The minimum Gasteiger partial charge on any atom is -0.353 e. The molecule has 33 heavy (non-hydrogen) atoms. The van der Waals surface area contributed by atoms with E-state index in [0.717, 1.165) is 29.7 Å². The van der Waals surface area contributed by atoms with Crippen LogP contribution in [-0.2, 0) is 22.4 Å². The van der Waals surface area contributed by atoms with E-state index in [9.17, 15) is 9.59 Å². The standard InChI is InChI=1S/C24H25Cl2N5O2/c25-19-6-3-15(10-20(19)26)4-7-23(32)28-18-11-17(12-18)21-13-22(31-30-21)29-24(33)8-5-16-2-1-9-27-14-16/h1-3,6,9-10,13-14,17-18H,4-5,7-8,11-12H2,(H,28,32)(H2,29,30,31,33)/t17-,18+. The number of rotatable bonds is 9. The maximum atomic E-state index is 12.3. The van der Waals surface area contributed by atoms with E-state index >= 15 is 0 Å². The van der Waals surface area contributed by atoms with Crippen molar-refractivity contribution in [3.63, 3.8) is 0 Å². The Bertz CT molecular complexity index is 1110. The summed E-state index contributed by atoms with van der Waals surface area (Å²) in [6.07, 6.45) is 7.17. The van der Waals surface area contributed by atoms with E-state index in [2.05, 4.69) is 25.8 Å². The number of anilines is 1. The maximum absolute atomic E-state index is 12.3. The lowest BCUT2D eigenvalue weighted by Crippen LogP contribution is -2.43. The predicted octanol–water partition coefficient (Wildman–Crippen LogP) is 4.68. The second-order valence-corrected chi connectivity index (χ2v) is 9.11. The van der Waals surface area contributed by atoms with Gasteiger partial charge in [-0.05, 0) is 55.0 Å². The molecule has 2 heterocycles. The lowest BCUT2D eigenvalue weighted by atomic mass is 9.78. The smallest absolute Gasteiger partial charge is 0.225 e. The number of nitrogens with zero attached hydrogens (tertiary/aromatic N) is 2. The molecule has 2 amide bonds. The number of benzene rings is 1. The highest BCUT2D eigenvalue weighted by molar-refractivity contribution is 6.42. The van der Waals surface area contributed by atoms with Crippen molar-refractivity contribution in [2.24, 2.45) is 0 Å². The lowest BCUT2D eigenvalue weighted by Gasteiger charge is -2.35. The molecular weight excluding hydrogens is 461 g/mol. The molecule has 0 spiro atoms. The molecule has 0 aliphatic heterocycles. The summed E-state index contributed by atoms with van der Waals surface area (Å²) in [7, 11) is 0. The van der Waals surface area contributed by atoms with Gasteiger partial charge in [-0.1, -0.05) is 35.3 Å². The van der Waals surface area contributed by atoms with Crippen molar-refractivity contribution in [3.05, 3.63) is 75.7 Å². The van der Waals surface area contributed by atoms with Crippen molar-refractivity contribution in [1.82, 2.24) is 20.5 Å². The summed E-state index contributed by atoms with van der Waals surface area (Å²) in [4.78, 5) is 28.5. The number of H-pyrrole nitrogens is 1. The van der Waals surface area contributed by atoms with Gasteiger partial charge in [0.05, 0.1) is 10.0 Å². The third-order valence-corrected chi connectivity index (χ3v) is 6.54. The SMILES string of the molecule is O=C(CCc1cccnc1)Nc1cc([C@H]2C[C@@H](NC(=O)CCc3ccc(Cl)c(Cl)c3)C2)[nH]n1. The number of hydrogen-bond donors (Lipinski definition) is 3. The van der Waals surface area contributed by atoms with Crippen molar-refractivity contribution < 1.29 is 9.59 Å². The molecule has 1 saturated carbocycles. The molecule has 1 aromatic carbocycles. The molecule has 9 heteroatoms. The van der Waals surface area contributed by atoms with Crippen LogP contribution in [0, 0.1) is 0 Å². The molecule has 0 saturated heterocycles. The molecule has 3 N–H and O–H groups in total. The van der Waals surface area contributed by atoms with E-state index in [1.807, 2.05) is 24.3 Å². The Morgan fingerprint density at radius 3 is 2.55 bits per heavy atom. The Kier molecular flexibility index (Phi) is 7.62. The van der Waals surface area contributed by atoms with Gasteiger partial charge in [0.1, 0.15) is 0 Å². The first-order chi connectivity index (χ1) is 16.0. The van der Waals surface area contributed by atoms with Crippen LogP contribution >= 0.6 is 23.2 Å². The summed E-state index contributed by atoms with van der Waals surface area (Å²) in [6, 6.07) is 11.3. The topological polar surface area (TPSA) is 99.8 Å².